The van der Waals surface area contributed by atoms with Gasteiger partial charge >= 0.3 is 0 Å². The first-order valence-electron chi connectivity index (χ1n) is 7.81. The molecule has 1 aliphatic heterocycles. The molecule has 1 saturated carbocycles. The van der Waals surface area contributed by atoms with Crippen molar-refractivity contribution in [3.8, 4) is 6.07 Å². The van der Waals surface area contributed by atoms with Gasteiger partial charge in [0, 0.05) is 36.2 Å². The third kappa shape index (κ3) is 3.11. The van der Waals surface area contributed by atoms with Crippen LogP contribution in [0.25, 0.3) is 0 Å². The second-order valence-corrected chi connectivity index (χ2v) is 6.35. The molecule has 1 N–H and O–H groups in total. The van der Waals surface area contributed by atoms with Gasteiger partial charge in [0.2, 0.25) is 11.8 Å². The topological polar surface area (TPSA) is 73.2 Å². The predicted octanol–water partition coefficient (Wildman–Crippen LogP) is 2.78. The van der Waals surface area contributed by atoms with Gasteiger partial charge in [-0.15, -0.1) is 0 Å². The standard InChI is InChI=1S/C18H19N3O2/c1-2-16(22)20-14-4-5-15-13(11-14)3-6-17(23)21(15)12-18(7-8-18)9-10-19/h2,4-5,11H,1,3,6-9,12H2,(H,20,22). The Hall–Kier alpha value is -2.61. The minimum absolute atomic E-state index is 0.0191. The van der Waals surface area contributed by atoms with Crippen molar-refractivity contribution in [2.75, 3.05) is 16.8 Å². The number of nitrogens with one attached hydrogen (secondary N) is 1. The van der Waals surface area contributed by atoms with E-state index < -0.39 is 0 Å². The Balaban J connectivity index is 1.84. The predicted molar refractivity (Wildman–Crippen MR) is 87.8 cm³/mol. The van der Waals surface area contributed by atoms with Gasteiger partial charge in [0.15, 0.2) is 0 Å². The Bertz CT molecular complexity index is 713. The Morgan fingerprint density at radius 3 is 2.87 bits per heavy atom. The molecule has 0 bridgehead atoms. The molecule has 118 valence electrons. The average Bonchev–Trinajstić information content (AvgIpc) is 3.30. The lowest BCUT2D eigenvalue weighted by Gasteiger charge is -2.32. The molecule has 23 heavy (non-hydrogen) atoms. The van der Waals surface area contributed by atoms with Gasteiger partial charge in [-0.1, -0.05) is 6.58 Å². The molecular weight excluding hydrogens is 290 g/mol. The summed E-state index contributed by atoms with van der Waals surface area (Å²) in [6, 6.07) is 7.84. The summed E-state index contributed by atoms with van der Waals surface area (Å²) in [4.78, 5) is 25.6. The van der Waals surface area contributed by atoms with Crippen LogP contribution in [0.15, 0.2) is 30.9 Å². The molecule has 2 aliphatic rings. The molecule has 3 rings (SSSR count). The quantitative estimate of drug-likeness (QED) is 0.850. The second-order valence-electron chi connectivity index (χ2n) is 6.35. The second kappa shape index (κ2) is 5.88. The number of anilines is 2. The fourth-order valence-corrected chi connectivity index (χ4v) is 3.08. The van der Waals surface area contributed by atoms with Crippen LogP contribution in [0.3, 0.4) is 0 Å². The molecule has 1 aromatic rings. The van der Waals surface area contributed by atoms with Crippen LogP contribution in [0, 0.1) is 16.7 Å². The van der Waals surface area contributed by atoms with Gasteiger partial charge in [0.05, 0.1) is 6.07 Å². The lowest BCUT2D eigenvalue weighted by Crippen LogP contribution is -2.39. The van der Waals surface area contributed by atoms with Crippen LogP contribution in [-0.4, -0.2) is 18.4 Å². The number of hydrogen-bond donors (Lipinski definition) is 1. The van der Waals surface area contributed by atoms with Gasteiger partial charge < -0.3 is 10.2 Å². The minimum atomic E-state index is -0.250. The van der Waals surface area contributed by atoms with Crippen molar-refractivity contribution in [1.29, 1.82) is 5.26 Å². The van der Waals surface area contributed by atoms with Crippen LogP contribution in [0.1, 0.15) is 31.2 Å². The number of nitrogens with zero attached hydrogens (tertiary/aromatic N) is 2. The highest BCUT2D eigenvalue weighted by Gasteiger charge is 2.45. The molecular formula is C18H19N3O2. The Kier molecular flexibility index (Phi) is 3.91. The zero-order valence-corrected chi connectivity index (χ0v) is 13.0. The maximum Gasteiger partial charge on any atom is 0.247 e. The van der Waals surface area contributed by atoms with Crippen molar-refractivity contribution in [2.24, 2.45) is 5.41 Å². The average molecular weight is 309 g/mol. The van der Waals surface area contributed by atoms with Gasteiger partial charge in [-0.2, -0.15) is 5.26 Å². The van der Waals surface area contributed by atoms with E-state index in [1.807, 2.05) is 17.0 Å². The van der Waals surface area contributed by atoms with Crippen LogP contribution in [0.5, 0.6) is 0 Å². The number of carbonyl (C=O) groups excluding carboxylic acids is 2. The van der Waals surface area contributed by atoms with E-state index >= 15 is 0 Å². The summed E-state index contributed by atoms with van der Waals surface area (Å²) >= 11 is 0. The SMILES string of the molecule is C=CC(=O)Nc1ccc2c(c1)CCC(=O)N2CC1(CC#N)CC1. The molecule has 1 aliphatic carbocycles. The lowest BCUT2D eigenvalue weighted by molar-refractivity contribution is -0.119. The lowest BCUT2D eigenvalue weighted by atomic mass is 9.96. The van der Waals surface area contributed by atoms with Crippen molar-refractivity contribution < 1.29 is 9.59 Å². The van der Waals surface area contributed by atoms with Crippen molar-refractivity contribution in [3.05, 3.63) is 36.4 Å². The number of aryl methyl sites for hydroxylation is 1. The summed E-state index contributed by atoms with van der Waals surface area (Å²) in [6.45, 7) is 4.06. The van der Waals surface area contributed by atoms with E-state index in [-0.39, 0.29) is 17.2 Å². The van der Waals surface area contributed by atoms with Crippen LogP contribution in [-0.2, 0) is 16.0 Å². The highest BCUT2D eigenvalue weighted by Crippen LogP contribution is 2.50. The van der Waals surface area contributed by atoms with Crippen molar-refractivity contribution in [3.63, 3.8) is 0 Å². The van der Waals surface area contributed by atoms with Gasteiger partial charge in [-0.25, -0.2) is 0 Å². The Morgan fingerprint density at radius 2 is 2.22 bits per heavy atom. The first-order chi connectivity index (χ1) is 11.1. The minimum Gasteiger partial charge on any atom is -0.323 e. The normalized spacial score (nSPS) is 17.9. The zero-order chi connectivity index (χ0) is 16.4. The molecule has 1 heterocycles. The summed E-state index contributed by atoms with van der Waals surface area (Å²) in [5, 5.41) is 11.7. The maximum absolute atomic E-state index is 12.3. The van der Waals surface area contributed by atoms with E-state index in [0.717, 1.165) is 24.1 Å². The molecule has 0 saturated heterocycles. The number of nitriles is 1. The summed E-state index contributed by atoms with van der Waals surface area (Å²) in [6.07, 6.45) is 4.89. The number of carbonyl (C=O) groups is 2. The molecule has 5 heteroatoms. The van der Waals surface area contributed by atoms with Gasteiger partial charge in [0.25, 0.3) is 0 Å². The smallest absolute Gasteiger partial charge is 0.247 e. The summed E-state index contributed by atoms with van der Waals surface area (Å²) in [5.41, 5.74) is 2.65. The molecule has 0 atom stereocenters. The van der Waals surface area contributed by atoms with Crippen molar-refractivity contribution in [1.82, 2.24) is 0 Å². The molecule has 0 radical (unpaired) electrons. The van der Waals surface area contributed by atoms with Gasteiger partial charge in [0.1, 0.15) is 0 Å². The van der Waals surface area contributed by atoms with Gasteiger partial charge in [-0.3, -0.25) is 9.59 Å². The van der Waals surface area contributed by atoms with Crippen LogP contribution in [0.4, 0.5) is 11.4 Å². The van der Waals surface area contributed by atoms with E-state index in [9.17, 15) is 9.59 Å². The molecule has 1 fully saturated rings. The molecule has 2 amide bonds. The van der Waals surface area contributed by atoms with E-state index in [1.165, 1.54) is 6.08 Å². The highest BCUT2D eigenvalue weighted by molar-refractivity contribution is 6.00. The van der Waals surface area contributed by atoms with Crippen molar-refractivity contribution >= 4 is 23.2 Å². The molecule has 0 unspecified atom stereocenters. The summed E-state index contributed by atoms with van der Waals surface area (Å²) in [5.74, 6) is -0.135. The third-order valence-corrected chi connectivity index (χ3v) is 4.64. The maximum atomic E-state index is 12.3. The van der Waals surface area contributed by atoms with E-state index in [1.54, 1.807) is 6.07 Å². The Morgan fingerprint density at radius 1 is 1.43 bits per heavy atom. The Labute approximate surface area is 135 Å². The van der Waals surface area contributed by atoms with Crippen molar-refractivity contribution in [2.45, 2.75) is 32.1 Å². The molecule has 5 nitrogen and oxygen atoms in total. The molecule has 1 aromatic carbocycles. The van der Waals surface area contributed by atoms with Gasteiger partial charge in [-0.05, 0) is 49.1 Å². The summed E-state index contributed by atoms with van der Waals surface area (Å²) < 4.78 is 0. The fourth-order valence-electron chi connectivity index (χ4n) is 3.08. The van der Waals surface area contributed by atoms with Crippen LogP contribution < -0.4 is 10.2 Å². The largest absolute Gasteiger partial charge is 0.323 e. The monoisotopic (exact) mass is 309 g/mol. The first-order valence-corrected chi connectivity index (χ1v) is 7.81. The number of amides is 2. The first kappa shape index (κ1) is 15.3. The zero-order valence-electron chi connectivity index (χ0n) is 13.0. The molecule has 0 aromatic heterocycles. The number of rotatable bonds is 5. The van der Waals surface area contributed by atoms with E-state index in [4.69, 9.17) is 5.26 Å². The third-order valence-electron chi connectivity index (χ3n) is 4.64. The van der Waals surface area contributed by atoms with Crippen LogP contribution in [0.2, 0.25) is 0 Å². The number of fused-ring (bicyclic) bond motifs is 1. The fraction of sp³-hybridized carbons (Fsp3) is 0.389. The highest BCUT2D eigenvalue weighted by atomic mass is 16.2. The number of benzene rings is 1. The van der Waals surface area contributed by atoms with Crippen LogP contribution >= 0.6 is 0 Å². The summed E-state index contributed by atoms with van der Waals surface area (Å²) in [7, 11) is 0. The molecule has 0 spiro atoms. The van der Waals surface area contributed by atoms with E-state index in [0.29, 0.717) is 31.5 Å². The number of hydrogen-bond acceptors (Lipinski definition) is 3. The van der Waals surface area contributed by atoms with E-state index in [2.05, 4.69) is 18.0 Å².